The zero-order chi connectivity index (χ0) is 12.5. The van der Waals surface area contributed by atoms with Crippen LogP contribution in [0.15, 0.2) is 18.2 Å². The van der Waals surface area contributed by atoms with Crippen molar-refractivity contribution in [1.29, 1.82) is 0 Å². The Kier molecular flexibility index (Phi) is 2.86. The first kappa shape index (κ1) is 11.4. The van der Waals surface area contributed by atoms with Gasteiger partial charge in [0, 0.05) is 25.4 Å². The van der Waals surface area contributed by atoms with Gasteiger partial charge in [-0.05, 0) is 24.5 Å². The van der Waals surface area contributed by atoms with Crippen molar-refractivity contribution in [2.75, 3.05) is 24.6 Å². The normalized spacial score (nSPS) is 19.4. The third-order valence-corrected chi connectivity index (χ3v) is 3.93. The maximum absolute atomic E-state index is 11.2. The monoisotopic (exact) mass is 246 g/mol. The van der Waals surface area contributed by atoms with Crippen LogP contribution in [0, 0.1) is 5.92 Å². The lowest BCUT2D eigenvalue weighted by Gasteiger charge is -2.33. The van der Waals surface area contributed by atoms with E-state index in [9.17, 15) is 4.79 Å². The maximum atomic E-state index is 11.2. The van der Waals surface area contributed by atoms with Crippen molar-refractivity contribution in [1.82, 2.24) is 0 Å². The van der Waals surface area contributed by atoms with Crippen LogP contribution < -0.4 is 15.4 Å². The van der Waals surface area contributed by atoms with E-state index in [-0.39, 0.29) is 11.8 Å². The van der Waals surface area contributed by atoms with Crippen LogP contribution in [0.2, 0.25) is 0 Å². The summed E-state index contributed by atoms with van der Waals surface area (Å²) < 4.78 is 5.72. The average molecular weight is 246 g/mol. The van der Waals surface area contributed by atoms with Crippen molar-refractivity contribution in [3.05, 3.63) is 23.8 Å². The van der Waals surface area contributed by atoms with Crippen molar-refractivity contribution in [3.8, 4) is 5.75 Å². The van der Waals surface area contributed by atoms with E-state index in [1.807, 2.05) is 0 Å². The molecule has 1 amide bonds. The van der Waals surface area contributed by atoms with Crippen LogP contribution in [0.1, 0.15) is 18.4 Å². The van der Waals surface area contributed by atoms with E-state index >= 15 is 0 Å². The van der Waals surface area contributed by atoms with Gasteiger partial charge in [0.1, 0.15) is 5.75 Å². The second-order valence-electron chi connectivity index (χ2n) is 5.03. The van der Waals surface area contributed by atoms with Gasteiger partial charge in [-0.15, -0.1) is 0 Å². The molecule has 0 spiro atoms. The summed E-state index contributed by atoms with van der Waals surface area (Å²) in [5, 5.41) is 0. The van der Waals surface area contributed by atoms with Crippen molar-refractivity contribution in [2.24, 2.45) is 11.7 Å². The number of piperidine rings is 1. The lowest BCUT2D eigenvalue weighted by molar-refractivity contribution is -0.122. The van der Waals surface area contributed by atoms with E-state index in [4.69, 9.17) is 10.5 Å². The largest absolute Gasteiger partial charge is 0.491 e. The number of amides is 1. The van der Waals surface area contributed by atoms with Gasteiger partial charge in [0.05, 0.1) is 12.3 Å². The fourth-order valence-corrected chi connectivity index (χ4v) is 2.85. The molecule has 0 bridgehead atoms. The Morgan fingerprint density at radius 3 is 2.83 bits per heavy atom. The molecule has 0 unspecified atom stereocenters. The lowest BCUT2D eigenvalue weighted by atomic mass is 9.95. The van der Waals surface area contributed by atoms with E-state index in [2.05, 4.69) is 23.1 Å². The number of primary amides is 1. The summed E-state index contributed by atoms with van der Waals surface area (Å²) in [5.74, 6) is 0.915. The smallest absolute Gasteiger partial charge is 0.220 e. The number of rotatable bonds is 2. The number of nitrogens with zero attached hydrogens (tertiary/aromatic N) is 1. The Balaban J connectivity index is 1.77. The van der Waals surface area contributed by atoms with Gasteiger partial charge in [-0.25, -0.2) is 0 Å². The summed E-state index contributed by atoms with van der Waals surface area (Å²) in [6.45, 7) is 2.55. The summed E-state index contributed by atoms with van der Waals surface area (Å²) in [6.07, 6.45) is 2.69. The van der Waals surface area contributed by atoms with Crippen molar-refractivity contribution in [2.45, 2.75) is 19.3 Å². The predicted octanol–water partition coefficient (Wildman–Crippen LogP) is 1.32. The molecular weight excluding hydrogens is 228 g/mol. The molecule has 2 N–H and O–H groups in total. The van der Waals surface area contributed by atoms with Crippen LogP contribution in [0.25, 0.3) is 0 Å². The number of benzene rings is 1. The Morgan fingerprint density at radius 2 is 2.11 bits per heavy atom. The van der Waals surface area contributed by atoms with Crippen LogP contribution in [0.5, 0.6) is 5.75 Å². The molecule has 0 atom stereocenters. The molecule has 2 aliphatic rings. The second-order valence-corrected chi connectivity index (χ2v) is 5.03. The number of fused-ring (bicyclic) bond motifs is 1. The second kappa shape index (κ2) is 4.52. The van der Waals surface area contributed by atoms with Gasteiger partial charge in [0.25, 0.3) is 0 Å². The topological polar surface area (TPSA) is 55.6 Å². The van der Waals surface area contributed by atoms with E-state index in [0.29, 0.717) is 0 Å². The zero-order valence-corrected chi connectivity index (χ0v) is 10.4. The Labute approximate surface area is 107 Å². The highest BCUT2D eigenvalue weighted by Crippen LogP contribution is 2.37. The summed E-state index contributed by atoms with van der Waals surface area (Å²) in [7, 11) is 0. The first-order valence-corrected chi connectivity index (χ1v) is 6.54. The number of anilines is 1. The number of hydrogen-bond donors (Lipinski definition) is 1. The Morgan fingerprint density at radius 1 is 1.33 bits per heavy atom. The number of para-hydroxylation sites is 1. The molecule has 0 saturated carbocycles. The van der Waals surface area contributed by atoms with Gasteiger partial charge >= 0.3 is 0 Å². The quantitative estimate of drug-likeness (QED) is 0.856. The average Bonchev–Trinajstić information content (AvgIpc) is 2.87. The molecule has 18 heavy (non-hydrogen) atoms. The molecule has 3 rings (SSSR count). The standard InChI is InChI=1S/C14H18N2O2/c15-14(17)11-4-7-16(8-5-11)12-3-1-2-10-6-9-18-13(10)12/h1-3,11H,4-9H2,(H2,15,17). The van der Waals surface area contributed by atoms with Gasteiger partial charge in [0.2, 0.25) is 5.91 Å². The summed E-state index contributed by atoms with van der Waals surface area (Å²) in [5.41, 5.74) is 7.83. The van der Waals surface area contributed by atoms with Crippen LogP contribution in [0.3, 0.4) is 0 Å². The fraction of sp³-hybridized carbons (Fsp3) is 0.500. The first-order valence-electron chi connectivity index (χ1n) is 6.54. The highest BCUT2D eigenvalue weighted by molar-refractivity contribution is 5.77. The molecule has 4 nitrogen and oxygen atoms in total. The SMILES string of the molecule is NC(=O)C1CCN(c2cccc3c2OCC3)CC1. The molecule has 0 aromatic heterocycles. The number of carbonyl (C=O) groups excluding carboxylic acids is 1. The van der Waals surface area contributed by atoms with Crippen LogP contribution in [-0.4, -0.2) is 25.6 Å². The van der Waals surface area contributed by atoms with Gasteiger partial charge in [-0.2, -0.15) is 0 Å². The minimum atomic E-state index is -0.163. The molecule has 0 radical (unpaired) electrons. The van der Waals surface area contributed by atoms with E-state index in [1.54, 1.807) is 0 Å². The maximum Gasteiger partial charge on any atom is 0.220 e. The molecule has 2 aliphatic heterocycles. The number of carbonyl (C=O) groups is 1. The highest BCUT2D eigenvalue weighted by atomic mass is 16.5. The molecule has 1 fully saturated rings. The first-order chi connectivity index (χ1) is 8.75. The fourth-order valence-electron chi connectivity index (χ4n) is 2.85. The molecule has 2 heterocycles. The summed E-state index contributed by atoms with van der Waals surface area (Å²) in [6, 6.07) is 6.32. The van der Waals surface area contributed by atoms with Crippen molar-refractivity contribution < 1.29 is 9.53 Å². The van der Waals surface area contributed by atoms with E-state index < -0.39 is 0 Å². The zero-order valence-electron chi connectivity index (χ0n) is 10.4. The molecule has 4 heteroatoms. The minimum absolute atomic E-state index is 0.0407. The van der Waals surface area contributed by atoms with Gasteiger partial charge in [-0.1, -0.05) is 12.1 Å². The van der Waals surface area contributed by atoms with E-state index in [0.717, 1.165) is 44.7 Å². The van der Waals surface area contributed by atoms with Gasteiger partial charge in [-0.3, -0.25) is 4.79 Å². The molecule has 1 saturated heterocycles. The summed E-state index contributed by atoms with van der Waals surface area (Å²) >= 11 is 0. The molecular formula is C14H18N2O2. The minimum Gasteiger partial charge on any atom is -0.491 e. The highest BCUT2D eigenvalue weighted by Gasteiger charge is 2.26. The van der Waals surface area contributed by atoms with Crippen LogP contribution in [0.4, 0.5) is 5.69 Å². The van der Waals surface area contributed by atoms with Crippen molar-refractivity contribution in [3.63, 3.8) is 0 Å². The van der Waals surface area contributed by atoms with Crippen LogP contribution >= 0.6 is 0 Å². The molecule has 1 aromatic carbocycles. The molecule has 1 aromatic rings. The third kappa shape index (κ3) is 1.92. The number of nitrogens with two attached hydrogens (primary N) is 1. The third-order valence-electron chi connectivity index (χ3n) is 3.93. The Bertz CT molecular complexity index is 465. The Hall–Kier alpha value is -1.71. The van der Waals surface area contributed by atoms with Gasteiger partial charge < -0.3 is 15.4 Å². The lowest BCUT2D eigenvalue weighted by Crippen LogP contribution is -2.38. The molecule has 96 valence electrons. The van der Waals surface area contributed by atoms with Crippen LogP contribution in [-0.2, 0) is 11.2 Å². The molecule has 0 aliphatic carbocycles. The van der Waals surface area contributed by atoms with Gasteiger partial charge in [0.15, 0.2) is 0 Å². The number of ether oxygens (including phenoxy) is 1. The number of hydrogen-bond acceptors (Lipinski definition) is 3. The van der Waals surface area contributed by atoms with E-state index in [1.165, 1.54) is 11.3 Å². The summed E-state index contributed by atoms with van der Waals surface area (Å²) in [4.78, 5) is 13.5. The van der Waals surface area contributed by atoms with Crippen molar-refractivity contribution >= 4 is 11.6 Å². The predicted molar refractivity (Wildman–Crippen MR) is 69.8 cm³/mol.